The minimum absolute atomic E-state index is 0.100. The lowest BCUT2D eigenvalue weighted by molar-refractivity contribution is -0.115. The number of thioether (sulfide) groups is 1. The number of carbonyl (C=O) groups is 1. The van der Waals surface area contributed by atoms with Crippen molar-refractivity contribution in [2.45, 2.75) is 23.9 Å². The van der Waals surface area contributed by atoms with E-state index in [4.69, 9.17) is 0 Å². The minimum atomic E-state index is -3.00. The van der Waals surface area contributed by atoms with E-state index in [9.17, 15) is 18.7 Å². The number of aromatic nitrogens is 4. The van der Waals surface area contributed by atoms with Crippen molar-refractivity contribution in [1.82, 2.24) is 20.2 Å². The Bertz CT molecular complexity index is 952. The molecule has 0 bridgehead atoms. The number of ether oxygens (including phenoxy) is 1. The molecule has 3 rings (SSSR count). The Kier molecular flexibility index (Phi) is 6.04. The van der Waals surface area contributed by atoms with Gasteiger partial charge in [-0.1, -0.05) is 23.9 Å². The number of alkyl halides is 2. The highest BCUT2D eigenvalue weighted by atomic mass is 32.2. The number of hydrogen-bond acceptors (Lipinski definition) is 7. The molecular weight excluding hydrogens is 392 g/mol. The zero-order valence-corrected chi connectivity index (χ0v) is 15.3. The van der Waals surface area contributed by atoms with Crippen LogP contribution in [-0.4, -0.2) is 43.1 Å². The maximum atomic E-state index is 12.5. The number of halogens is 2. The predicted octanol–water partition coefficient (Wildman–Crippen LogP) is 3.09. The molecule has 28 heavy (non-hydrogen) atoms. The number of nitrogens with zero attached hydrogens (tertiary/aromatic N) is 4. The van der Waals surface area contributed by atoms with Crippen LogP contribution in [0.3, 0.4) is 0 Å². The number of benzene rings is 2. The molecule has 146 valence electrons. The zero-order chi connectivity index (χ0) is 20.1. The first kappa shape index (κ1) is 19.5. The third-order valence-corrected chi connectivity index (χ3v) is 4.58. The van der Waals surface area contributed by atoms with Crippen molar-refractivity contribution in [2.24, 2.45) is 0 Å². The Labute approximate surface area is 162 Å². The molecule has 0 aliphatic carbocycles. The second-order valence-electron chi connectivity index (χ2n) is 5.51. The van der Waals surface area contributed by atoms with E-state index in [0.717, 1.165) is 11.8 Å². The Morgan fingerprint density at radius 2 is 1.93 bits per heavy atom. The molecule has 0 saturated heterocycles. The number of aromatic hydroxyl groups is 1. The molecule has 2 N–H and O–H groups in total. The number of hydrogen-bond donors (Lipinski definition) is 2. The van der Waals surface area contributed by atoms with Crippen molar-refractivity contribution in [3.8, 4) is 17.2 Å². The summed E-state index contributed by atoms with van der Waals surface area (Å²) in [6.45, 7) is -1.37. The Morgan fingerprint density at radius 3 is 2.64 bits per heavy atom. The van der Waals surface area contributed by atoms with Gasteiger partial charge < -0.3 is 15.2 Å². The summed E-state index contributed by atoms with van der Waals surface area (Å²) in [5.41, 5.74) is 0.743. The van der Waals surface area contributed by atoms with E-state index in [-0.39, 0.29) is 17.2 Å². The van der Waals surface area contributed by atoms with Gasteiger partial charge in [-0.15, -0.1) is 5.10 Å². The fourth-order valence-electron chi connectivity index (χ4n) is 2.22. The van der Waals surface area contributed by atoms with Gasteiger partial charge in [0.1, 0.15) is 11.5 Å². The lowest BCUT2D eigenvalue weighted by Crippen LogP contribution is -2.23. The van der Waals surface area contributed by atoms with Crippen molar-refractivity contribution in [3.63, 3.8) is 0 Å². The number of phenolic OH excluding ortho intramolecular Hbond substituents is 1. The molecule has 0 aliphatic heterocycles. The second kappa shape index (κ2) is 8.65. The lowest BCUT2D eigenvalue weighted by atomic mass is 10.3. The number of rotatable bonds is 7. The molecule has 0 spiro atoms. The quantitative estimate of drug-likeness (QED) is 0.580. The van der Waals surface area contributed by atoms with Crippen LogP contribution in [0.5, 0.6) is 11.5 Å². The van der Waals surface area contributed by atoms with E-state index >= 15 is 0 Å². The first-order valence-corrected chi connectivity index (χ1v) is 8.91. The zero-order valence-electron chi connectivity index (χ0n) is 14.5. The van der Waals surface area contributed by atoms with Crippen LogP contribution in [0, 0.1) is 0 Å². The first-order chi connectivity index (χ1) is 13.4. The summed E-state index contributed by atoms with van der Waals surface area (Å²) in [5.74, 6) is -0.462. The summed E-state index contributed by atoms with van der Waals surface area (Å²) in [7, 11) is 0. The number of tetrazole rings is 1. The highest BCUT2D eigenvalue weighted by Gasteiger charge is 2.21. The van der Waals surface area contributed by atoms with Gasteiger partial charge in [0.05, 0.1) is 16.6 Å². The van der Waals surface area contributed by atoms with Crippen LogP contribution in [0.4, 0.5) is 14.5 Å². The number of para-hydroxylation sites is 2. The smallest absolute Gasteiger partial charge is 0.387 e. The molecule has 1 amide bonds. The van der Waals surface area contributed by atoms with Crippen molar-refractivity contribution in [2.75, 3.05) is 5.32 Å². The van der Waals surface area contributed by atoms with Gasteiger partial charge in [0.15, 0.2) is 0 Å². The summed E-state index contributed by atoms with van der Waals surface area (Å²) in [5, 5.41) is 23.0. The number of phenols is 1. The molecule has 1 aromatic heterocycles. The molecule has 0 radical (unpaired) electrons. The van der Waals surface area contributed by atoms with Crippen LogP contribution in [0.1, 0.15) is 6.92 Å². The van der Waals surface area contributed by atoms with E-state index in [2.05, 4.69) is 25.6 Å². The van der Waals surface area contributed by atoms with E-state index in [1.54, 1.807) is 25.1 Å². The number of amides is 1. The van der Waals surface area contributed by atoms with E-state index in [0.29, 0.717) is 10.8 Å². The molecule has 11 heteroatoms. The average molecular weight is 407 g/mol. The van der Waals surface area contributed by atoms with Gasteiger partial charge in [0.25, 0.3) is 0 Å². The maximum absolute atomic E-state index is 12.5. The molecule has 0 aliphatic rings. The normalized spacial score (nSPS) is 12.0. The standard InChI is InChI=1S/C17H15F2N5O3S/c1-10(15(26)20-13-4-2-3-5-14(13)27-16(18)19)28-17-21-22-23-24(17)11-6-8-12(25)9-7-11/h2-10,16,25H,1H3,(H,20,26)/t10-/m0/s1. The van der Waals surface area contributed by atoms with Crippen molar-refractivity contribution >= 4 is 23.4 Å². The molecular formula is C17H15F2N5O3S. The topological polar surface area (TPSA) is 102 Å². The number of nitrogens with one attached hydrogen (secondary N) is 1. The summed E-state index contributed by atoms with van der Waals surface area (Å²) >= 11 is 1.09. The largest absolute Gasteiger partial charge is 0.508 e. The van der Waals surface area contributed by atoms with Gasteiger partial charge in [0, 0.05) is 0 Å². The summed E-state index contributed by atoms with van der Waals surface area (Å²) in [4.78, 5) is 12.5. The second-order valence-corrected chi connectivity index (χ2v) is 6.82. The van der Waals surface area contributed by atoms with Gasteiger partial charge in [-0.3, -0.25) is 4.79 Å². The highest BCUT2D eigenvalue weighted by Crippen LogP contribution is 2.28. The summed E-state index contributed by atoms with van der Waals surface area (Å²) < 4.78 is 30.8. The maximum Gasteiger partial charge on any atom is 0.387 e. The van der Waals surface area contributed by atoms with E-state index < -0.39 is 17.8 Å². The highest BCUT2D eigenvalue weighted by molar-refractivity contribution is 8.00. The van der Waals surface area contributed by atoms with Crippen molar-refractivity contribution < 1.29 is 23.4 Å². The van der Waals surface area contributed by atoms with Gasteiger partial charge in [-0.2, -0.15) is 13.5 Å². The van der Waals surface area contributed by atoms with Crippen LogP contribution in [0.25, 0.3) is 5.69 Å². The SMILES string of the molecule is C[C@H](Sc1nnnn1-c1ccc(O)cc1)C(=O)Nc1ccccc1OC(F)F. The first-order valence-electron chi connectivity index (χ1n) is 8.03. The van der Waals surface area contributed by atoms with Crippen molar-refractivity contribution in [3.05, 3.63) is 48.5 Å². The third kappa shape index (κ3) is 4.74. The molecule has 0 saturated carbocycles. The van der Waals surface area contributed by atoms with Crippen LogP contribution < -0.4 is 10.1 Å². The number of anilines is 1. The summed E-state index contributed by atoms with van der Waals surface area (Å²) in [6, 6.07) is 12.1. The van der Waals surface area contributed by atoms with Gasteiger partial charge in [0.2, 0.25) is 11.1 Å². The van der Waals surface area contributed by atoms with Gasteiger partial charge >= 0.3 is 6.61 Å². The molecule has 2 aromatic carbocycles. The van der Waals surface area contributed by atoms with E-state index in [1.807, 2.05) is 0 Å². The van der Waals surface area contributed by atoms with Crippen LogP contribution >= 0.6 is 11.8 Å². The average Bonchev–Trinajstić information content (AvgIpc) is 3.11. The molecule has 1 heterocycles. The minimum Gasteiger partial charge on any atom is -0.508 e. The van der Waals surface area contributed by atoms with Gasteiger partial charge in [-0.25, -0.2) is 0 Å². The van der Waals surface area contributed by atoms with Crippen molar-refractivity contribution in [1.29, 1.82) is 0 Å². The van der Waals surface area contributed by atoms with Gasteiger partial charge in [-0.05, 0) is 53.7 Å². The summed E-state index contributed by atoms with van der Waals surface area (Å²) in [6.07, 6.45) is 0. The fourth-order valence-corrected chi connectivity index (χ4v) is 3.03. The Hall–Kier alpha value is -3.21. The molecule has 8 nitrogen and oxygen atoms in total. The van der Waals surface area contributed by atoms with Crippen LogP contribution in [0.15, 0.2) is 53.7 Å². The third-order valence-electron chi connectivity index (χ3n) is 3.55. The van der Waals surface area contributed by atoms with E-state index in [1.165, 1.54) is 35.0 Å². The molecule has 0 unspecified atom stereocenters. The lowest BCUT2D eigenvalue weighted by Gasteiger charge is -2.14. The predicted molar refractivity (Wildman–Crippen MR) is 97.8 cm³/mol. The monoisotopic (exact) mass is 407 g/mol. The fraction of sp³-hybridized carbons (Fsp3) is 0.176. The Balaban J connectivity index is 1.71. The number of carbonyl (C=O) groups excluding carboxylic acids is 1. The Morgan fingerprint density at radius 1 is 1.21 bits per heavy atom. The molecule has 0 fully saturated rings. The van der Waals surface area contributed by atoms with Crippen LogP contribution in [0.2, 0.25) is 0 Å². The molecule has 1 atom stereocenters. The van der Waals surface area contributed by atoms with Crippen LogP contribution in [-0.2, 0) is 4.79 Å². The molecule has 3 aromatic rings.